The minimum Gasteiger partial charge on any atom is -0.301 e. The molecule has 1 saturated heterocycles. The molecule has 3 heteroatoms. The van der Waals surface area contributed by atoms with Gasteiger partial charge in [-0.05, 0) is 25.1 Å². The molecule has 0 aromatic carbocycles. The van der Waals surface area contributed by atoms with Gasteiger partial charge in [0.15, 0.2) is 0 Å². The van der Waals surface area contributed by atoms with Crippen LogP contribution in [0, 0.1) is 0 Å². The van der Waals surface area contributed by atoms with Crippen LogP contribution in [0.4, 0.5) is 0 Å². The summed E-state index contributed by atoms with van der Waals surface area (Å²) < 4.78 is 0. The number of unbranched alkanes of at least 4 members (excludes halogenated alkanes) is 2. The van der Waals surface area contributed by atoms with Crippen molar-refractivity contribution in [3.63, 3.8) is 0 Å². The fourth-order valence-electron chi connectivity index (χ4n) is 2.48. The first-order valence-electron chi connectivity index (χ1n) is 7.23. The summed E-state index contributed by atoms with van der Waals surface area (Å²) in [4.78, 5) is 9.51. The van der Waals surface area contributed by atoms with Gasteiger partial charge in [0, 0.05) is 38.9 Å². The van der Waals surface area contributed by atoms with Gasteiger partial charge in [0.05, 0.1) is 5.69 Å². The molecule has 0 amide bonds. The van der Waals surface area contributed by atoms with Crippen molar-refractivity contribution in [2.75, 3.05) is 32.7 Å². The van der Waals surface area contributed by atoms with Gasteiger partial charge in [-0.2, -0.15) is 0 Å². The van der Waals surface area contributed by atoms with E-state index >= 15 is 0 Å². The van der Waals surface area contributed by atoms with Crippen LogP contribution in [0.5, 0.6) is 0 Å². The van der Waals surface area contributed by atoms with E-state index < -0.39 is 0 Å². The van der Waals surface area contributed by atoms with Crippen LogP contribution in [0.3, 0.4) is 0 Å². The van der Waals surface area contributed by atoms with Crippen LogP contribution in [-0.2, 0) is 6.54 Å². The lowest BCUT2D eigenvalue weighted by Crippen LogP contribution is -2.46. The molecule has 1 aliphatic heterocycles. The standard InChI is InChI=1S/C15H25N3/c1-2-3-6-9-17-10-12-18(13-11-17)14-15-7-4-5-8-16-15/h4-5,7-8H,2-3,6,9-14H2,1H3. The lowest BCUT2D eigenvalue weighted by molar-refractivity contribution is 0.124. The Labute approximate surface area is 111 Å². The van der Waals surface area contributed by atoms with E-state index in [9.17, 15) is 0 Å². The van der Waals surface area contributed by atoms with Crippen molar-refractivity contribution in [2.45, 2.75) is 32.7 Å². The Morgan fingerprint density at radius 3 is 2.50 bits per heavy atom. The quantitative estimate of drug-likeness (QED) is 0.720. The average Bonchev–Trinajstić information content (AvgIpc) is 2.42. The molecule has 100 valence electrons. The number of aromatic nitrogens is 1. The molecule has 2 rings (SSSR count). The van der Waals surface area contributed by atoms with Crippen LogP contribution in [0.15, 0.2) is 24.4 Å². The second kappa shape index (κ2) is 7.49. The normalized spacial score (nSPS) is 18.1. The summed E-state index contributed by atoms with van der Waals surface area (Å²) >= 11 is 0. The average molecular weight is 247 g/mol. The number of hydrogen-bond donors (Lipinski definition) is 0. The monoisotopic (exact) mass is 247 g/mol. The zero-order valence-corrected chi connectivity index (χ0v) is 11.5. The third kappa shape index (κ3) is 4.39. The molecule has 1 aromatic heterocycles. The predicted molar refractivity (Wildman–Crippen MR) is 75.5 cm³/mol. The molecule has 0 aliphatic carbocycles. The van der Waals surface area contributed by atoms with E-state index in [4.69, 9.17) is 0 Å². The van der Waals surface area contributed by atoms with Gasteiger partial charge in [-0.25, -0.2) is 0 Å². The molecular weight excluding hydrogens is 222 g/mol. The highest BCUT2D eigenvalue weighted by molar-refractivity contribution is 5.03. The molecule has 0 radical (unpaired) electrons. The molecule has 1 aromatic rings. The number of rotatable bonds is 6. The topological polar surface area (TPSA) is 19.4 Å². The van der Waals surface area contributed by atoms with Crippen molar-refractivity contribution >= 4 is 0 Å². The maximum Gasteiger partial charge on any atom is 0.0543 e. The highest BCUT2D eigenvalue weighted by Crippen LogP contribution is 2.07. The van der Waals surface area contributed by atoms with Crippen molar-refractivity contribution in [1.29, 1.82) is 0 Å². The predicted octanol–water partition coefficient (Wildman–Crippen LogP) is 2.39. The van der Waals surface area contributed by atoms with Gasteiger partial charge in [-0.15, -0.1) is 0 Å². The second-order valence-corrected chi connectivity index (χ2v) is 5.15. The lowest BCUT2D eigenvalue weighted by atomic mass is 10.2. The first-order valence-corrected chi connectivity index (χ1v) is 7.23. The second-order valence-electron chi connectivity index (χ2n) is 5.15. The van der Waals surface area contributed by atoms with Gasteiger partial charge in [-0.3, -0.25) is 9.88 Å². The van der Waals surface area contributed by atoms with E-state index in [1.54, 1.807) is 0 Å². The third-order valence-corrected chi connectivity index (χ3v) is 3.65. The SMILES string of the molecule is CCCCCN1CCN(Cc2ccccn2)CC1. The van der Waals surface area contributed by atoms with Gasteiger partial charge in [0.2, 0.25) is 0 Å². The number of pyridine rings is 1. The molecule has 3 nitrogen and oxygen atoms in total. The van der Waals surface area contributed by atoms with Crippen LogP contribution in [-0.4, -0.2) is 47.5 Å². The van der Waals surface area contributed by atoms with Crippen molar-refractivity contribution in [1.82, 2.24) is 14.8 Å². The molecule has 1 aliphatic rings. The molecule has 0 atom stereocenters. The Bertz CT molecular complexity index is 318. The first kappa shape index (κ1) is 13.5. The van der Waals surface area contributed by atoms with Gasteiger partial charge in [-0.1, -0.05) is 25.8 Å². The highest BCUT2D eigenvalue weighted by atomic mass is 15.3. The van der Waals surface area contributed by atoms with Crippen LogP contribution >= 0.6 is 0 Å². The van der Waals surface area contributed by atoms with Gasteiger partial charge >= 0.3 is 0 Å². The Morgan fingerprint density at radius 2 is 1.83 bits per heavy atom. The molecule has 18 heavy (non-hydrogen) atoms. The molecule has 2 heterocycles. The maximum absolute atomic E-state index is 4.40. The van der Waals surface area contributed by atoms with E-state index in [1.165, 1.54) is 57.7 Å². The first-order chi connectivity index (χ1) is 8.88. The summed E-state index contributed by atoms with van der Waals surface area (Å²) in [5.74, 6) is 0. The van der Waals surface area contributed by atoms with Crippen molar-refractivity contribution in [3.05, 3.63) is 30.1 Å². The fraction of sp³-hybridized carbons (Fsp3) is 0.667. The molecule has 1 fully saturated rings. The number of piperazine rings is 1. The molecular formula is C15H25N3. The van der Waals surface area contributed by atoms with E-state index in [0.717, 1.165) is 6.54 Å². The van der Waals surface area contributed by atoms with Crippen LogP contribution in [0.2, 0.25) is 0 Å². The fourth-order valence-corrected chi connectivity index (χ4v) is 2.48. The Morgan fingerprint density at radius 1 is 1.06 bits per heavy atom. The number of hydrogen-bond acceptors (Lipinski definition) is 3. The van der Waals surface area contributed by atoms with Crippen LogP contribution < -0.4 is 0 Å². The summed E-state index contributed by atoms with van der Waals surface area (Å²) in [6.07, 6.45) is 5.93. The van der Waals surface area contributed by atoms with Gasteiger partial charge in [0.25, 0.3) is 0 Å². The van der Waals surface area contributed by atoms with Crippen molar-refractivity contribution in [2.24, 2.45) is 0 Å². The summed E-state index contributed by atoms with van der Waals surface area (Å²) in [5.41, 5.74) is 1.19. The summed E-state index contributed by atoms with van der Waals surface area (Å²) in [7, 11) is 0. The summed E-state index contributed by atoms with van der Waals surface area (Å²) in [6, 6.07) is 6.17. The summed E-state index contributed by atoms with van der Waals surface area (Å²) in [6.45, 7) is 9.36. The zero-order valence-electron chi connectivity index (χ0n) is 11.5. The maximum atomic E-state index is 4.40. The van der Waals surface area contributed by atoms with E-state index in [1.807, 2.05) is 12.3 Å². The number of nitrogens with zero attached hydrogens (tertiary/aromatic N) is 3. The van der Waals surface area contributed by atoms with Crippen molar-refractivity contribution in [3.8, 4) is 0 Å². The minimum absolute atomic E-state index is 1.00. The van der Waals surface area contributed by atoms with Gasteiger partial charge < -0.3 is 4.90 Å². The third-order valence-electron chi connectivity index (χ3n) is 3.65. The van der Waals surface area contributed by atoms with E-state index in [2.05, 4.69) is 33.8 Å². The summed E-state index contributed by atoms with van der Waals surface area (Å²) in [5, 5.41) is 0. The van der Waals surface area contributed by atoms with Crippen LogP contribution in [0.1, 0.15) is 31.9 Å². The largest absolute Gasteiger partial charge is 0.301 e. The van der Waals surface area contributed by atoms with Gasteiger partial charge in [0.1, 0.15) is 0 Å². The Balaban J connectivity index is 1.67. The lowest BCUT2D eigenvalue weighted by Gasteiger charge is -2.34. The molecule has 0 bridgehead atoms. The smallest absolute Gasteiger partial charge is 0.0543 e. The molecule has 0 unspecified atom stereocenters. The van der Waals surface area contributed by atoms with E-state index in [0.29, 0.717) is 0 Å². The molecule has 0 spiro atoms. The zero-order chi connectivity index (χ0) is 12.6. The minimum atomic E-state index is 1.00. The molecule has 0 N–H and O–H groups in total. The highest BCUT2D eigenvalue weighted by Gasteiger charge is 2.16. The van der Waals surface area contributed by atoms with Crippen molar-refractivity contribution < 1.29 is 0 Å². The van der Waals surface area contributed by atoms with E-state index in [-0.39, 0.29) is 0 Å². The molecule has 0 saturated carbocycles. The Hall–Kier alpha value is -0.930. The Kier molecular flexibility index (Phi) is 5.62. The van der Waals surface area contributed by atoms with Crippen LogP contribution in [0.25, 0.3) is 0 Å².